The maximum Gasteiger partial charge on any atom is 0.306 e. The first kappa shape index (κ1) is 65.4. The number of aliphatic hydroxyl groups is 5. The van der Waals surface area contributed by atoms with Crippen molar-refractivity contribution in [3.05, 3.63) is 60.8 Å². The van der Waals surface area contributed by atoms with Crippen molar-refractivity contribution in [3.63, 3.8) is 0 Å². The lowest BCUT2D eigenvalue weighted by Crippen LogP contribution is -2.61. The number of esters is 1. The number of rotatable bonds is 47. The highest BCUT2D eigenvalue weighted by Crippen LogP contribution is 2.26. The number of amides is 1. The van der Waals surface area contributed by atoms with Crippen molar-refractivity contribution >= 4 is 11.9 Å². The van der Waals surface area contributed by atoms with E-state index in [0.717, 1.165) is 70.6 Å². The molecular formula is C59H105NO10. The Morgan fingerprint density at radius 3 is 1.54 bits per heavy atom. The van der Waals surface area contributed by atoms with Crippen molar-refractivity contribution in [3.8, 4) is 0 Å². The van der Waals surface area contributed by atoms with Gasteiger partial charge in [0.25, 0.3) is 0 Å². The monoisotopic (exact) mass is 988 g/mol. The molecule has 0 saturated carbocycles. The highest BCUT2D eigenvalue weighted by Gasteiger charge is 2.47. The van der Waals surface area contributed by atoms with Gasteiger partial charge in [0.2, 0.25) is 5.91 Å². The molecule has 11 heteroatoms. The van der Waals surface area contributed by atoms with Gasteiger partial charge in [-0.25, -0.2) is 0 Å². The third-order valence-corrected chi connectivity index (χ3v) is 13.3. The first-order valence-corrected chi connectivity index (χ1v) is 28.6. The second-order valence-electron chi connectivity index (χ2n) is 19.7. The van der Waals surface area contributed by atoms with Gasteiger partial charge in [-0.15, -0.1) is 0 Å². The fourth-order valence-corrected chi connectivity index (χ4v) is 8.72. The number of aliphatic hydroxyl groups excluding tert-OH is 5. The van der Waals surface area contributed by atoms with Gasteiger partial charge in [-0.2, -0.15) is 0 Å². The van der Waals surface area contributed by atoms with Gasteiger partial charge >= 0.3 is 5.97 Å². The van der Waals surface area contributed by atoms with Crippen molar-refractivity contribution in [2.24, 2.45) is 0 Å². The van der Waals surface area contributed by atoms with Gasteiger partial charge in [-0.1, -0.05) is 248 Å². The smallest absolute Gasteiger partial charge is 0.306 e. The van der Waals surface area contributed by atoms with E-state index < -0.39 is 67.4 Å². The summed E-state index contributed by atoms with van der Waals surface area (Å²) in [5, 5.41) is 56.8. The van der Waals surface area contributed by atoms with E-state index in [1.165, 1.54) is 122 Å². The molecule has 0 aromatic carbocycles. The summed E-state index contributed by atoms with van der Waals surface area (Å²) in [6, 6.07) is -1.04. The molecular weight excluding hydrogens is 883 g/mol. The van der Waals surface area contributed by atoms with Crippen LogP contribution in [0.5, 0.6) is 0 Å². The summed E-state index contributed by atoms with van der Waals surface area (Å²) >= 11 is 0. The number of carbonyl (C=O) groups excluding carboxylic acids is 2. The second-order valence-corrected chi connectivity index (χ2v) is 19.7. The van der Waals surface area contributed by atoms with Crippen LogP contribution >= 0.6 is 0 Å². The number of hydrogen-bond donors (Lipinski definition) is 6. The van der Waals surface area contributed by atoms with Crippen molar-refractivity contribution in [2.75, 3.05) is 13.2 Å². The fourth-order valence-electron chi connectivity index (χ4n) is 8.72. The molecule has 1 amide bonds. The van der Waals surface area contributed by atoms with Gasteiger partial charge in [0.1, 0.15) is 24.4 Å². The molecule has 0 aromatic heterocycles. The molecule has 1 rings (SSSR count). The summed E-state index contributed by atoms with van der Waals surface area (Å²) in [7, 11) is 0. The van der Waals surface area contributed by atoms with Gasteiger partial charge in [0.15, 0.2) is 12.4 Å². The zero-order valence-corrected chi connectivity index (χ0v) is 44.6. The molecule has 1 aliphatic rings. The molecule has 1 fully saturated rings. The predicted octanol–water partition coefficient (Wildman–Crippen LogP) is 12.7. The normalized spacial score (nSPS) is 20.1. The van der Waals surface area contributed by atoms with Crippen LogP contribution in [0, 0.1) is 0 Å². The van der Waals surface area contributed by atoms with E-state index in [2.05, 4.69) is 38.2 Å². The Morgan fingerprint density at radius 1 is 0.571 bits per heavy atom. The molecule has 11 nitrogen and oxygen atoms in total. The third-order valence-electron chi connectivity index (χ3n) is 13.3. The molecule has 1 aliphatic heterocycles. The Kier molecular flexibility index (Phi) is 44.2. The number of unbranched alkanes of at least 4 members (excludes halogenated alkanes) is 28. The van der Waals surface area contributed by atoms with E-state index in [0.29, 0.717) is 12.8 Å². The molecule has 1 saturated heterocycles. The van der Waals surface area contributed by atoms with Crippen LogP contribution in [0.1, 0.15) is 239 Å². The Labute approximate surface area is 427 Å². The van der Waals surface area contributed by atoms with Crippen molar-refractivity contribution in [1.29, 1.82) is 0 Å². The fraction of sp³-hybridized carbons (Fsp3) is 0.797. The maximum absolute atomic E-state index is 13.4. The van der Waals surface area contributed by atoms with E-state index in [9.17, 15) is 35.1 Å². The quantitative estimate of drug-likeness (QED) is 0.0149. The van der Waals surface area contributed by atoms with Gasteiger partial charge < -0.3 is 45.1 Å². The van der Waals surface area contributed by atoms with Crippen LogP contribution in [0.3, 0.4) is 0 Å². The van der Waals surface area contributed by atoms with Crippen LogP contribution in [0.2, 0.25) is 0 Å². The Morgan fingerprint density at radius 2 is 1.03 bits per heavy atom. The molecule has 1 heterocycles. The number of nitrogens with one attached hydrogen (secondary N) is 1. The minimum absolute atomic E-state index is 0.122. The highest BCUT2D eigenvalue weighted by atomic mass is 16.7. The van der Waals surface area contributed by atoms with E-state index in [1.54, 1.807) is 6.08 Å². The predicted molar refractivity (Wildman–Crippen MR) is 287 cm³/mol. The third kappa shape index (κ3) is 35.5. The Bertz CT molecular complexity index is 1370. The maximum atomic E-state index is 13.4. The summed E-state index contributed by atoms with van der Waals surface area (Å²) < 4.78 is 17.6. The first-order valence-electron chi connectivity index (χ1n) is 28.6. The minimum atomic E-state index is -1.62. The van der Waals surface area contributed by atoms with Crippen molar-refractivity contribution in [2.45, 2.75) is 288 Å². The summed E-state index contributed by atoms with van der Waals surface area (Å²) in [6.07, 6.45) is 46.9. The van der Waals surface area contributed by atoms with E-state index in [1.807, 2.05) is 42.5 Å². The van der Waals surface area contributed by atoms with Crippen LogP contribution in [0.4, 0.5) is 0 Å². The number of ether oxygens (including phenoxy) is 3. The summed E-state index contributed by atoms with van der Waals surface area (Å²) in [5.74, 6) is -1.22. The van der Waals surface area contributed by atoms with Gasteiger partial charge in [0, 0.05) is 6.42 Å². The zero-order valence-electron chi connectivity index (χ0n) is 44.6. The van der Waals surface area contributed by atoms with E-state index in [4.69, 9.17) is 14.2 Å². The molecule has 0 spiro atoms. The average molecular weight is 988 g/mol. The minimum Gasteiger partial charge on any atom is -0.454 e. The number of allylic oxidation sites excluding steroid dienone is 9. The number of hydrogen-bond acceptors (Lipinski definition) is 10. The molecule has 6 N–H and O–H groups in total. The van der Waals surface area contributed by atoms with Crippen LogP contribution < -0.4 is 5.32 Å². The summed E-state index contributed by atoms with van der Waals surface area (Å²) in [5.41, 5.74) is 0. The first-order chi connectivity index (χ1) is 34.2. The highest BCUT2D eigenvalue weighted by molar-refractivity contribution is 5.80. The molecule has 406 valence electrons. The molecule has 0 bridgehead atoms. The van der Waals surface area contributed by atoms with Crippen molar-refractivity contribution in [1.82, 2.24) is 5.32 Å². The van der Waals surface area contributed by atoms with E-state index in [-0.39, 0.29) is 19.4 Å². The van der Waals surface area contributed by atoms with Crippen LogP contribution in [0.25, 0.3) is 0 Å². The zero-order chi connectivity index (χ0) is 51.1. The standard InChI is InChI=1S/C59H105NO10/c1-4-7-10-13-16-19-22-25-28-31-34-37-40-43-46-52(63)58(67)60-50(51(62)45-42-39-36-33-30-27-24-21-18-15-12-9-6-3)49-68-59-57(56(66)55(65)53(48-61)69-59)70-54(64)47-44-41-38-35-32-29-26-23-20-17-14-11-8-5-2/h7,10,13,16,19,22,25,28,42,45,50-53,55-57,59,61-63,65-66H,4-6,8-9,11-12,14-15,17-18,20-21,23-24,26-27,29-41,43-44,46-49H2,1-3H3,(H,60,67)/b10-7+,16-13+,22-19+,28-25-,45-42+. The Balaban J connectivity index is 2.77. The molecule has 70 heavy (non-hydrogen) atoms. The van der Waals surface area contributed by atoms with E-state index >= 15 is 0 Å². The van der Waals surface area contributed by atoms with Crippen LogP contribution in [0.15, 0.2) is 60.8 Å². The van der Waals surface area contributed by atoms with Gasteiger partial charge in [-0.05, 0) is 44.9 Å². The lowest BCUT2D eigenvalue weighted by atomic mass is 9.99. The summed E-state index contributed by atoms with van der Waals surface area (Å²) in [4.78, 5) is 26.4. The lowest BCUT2D eigenvalue weighted by Gasteiger charge is -2.41. The van der Waals surface area contributed by atoms with Crippen molar-refractivity contribution < 1.29 is 49.3 Å². The van der Waals surface area contributed by atoms with Crippen LogP contribution in [-0.4, -0.2) is 99.6 Å². The largest absolute Gasteiger partial charge is 0.454 e. The molecule has 0 radical (unpaired) electrons. The Hall–Kier alpha value is -2.64. The average Bonchev–Trinajstić information content (AvgIpc) is 3.36. The summed E-state index contributed by atoms with van der Waals surface area (Å²) in [6.45, 7) is 5.62. The molecule has 0 aromatic rings. The van der Waals surface area contributed by atoms with Gasteiger partial charge in [-0.3, -0.25) is 9.59 Å². The molecule has 8 unspecified atom stereocenters. The van der Waals surface area contributed by atoms with Crippen LogP contribution in [-0.2, 0) is 23.8 Å². The molecule has 8 atom stereocenters. The number of carbonyl (C=O) groups is 2. The van der Waals surface area contributed by atoms with Gasteiger partial charge in [0.05, 0.1) is 25.4 Å². The second kappa shape index (κ2) is 47.4. The lowest BCUT2D eigenvalue weighted by molar-refractivity contribution is -0.305. The topological polar surface area (TPSA) is 175 Å². The molecule has 0 aliphatic carbocycles. The SMILES string of the molecule is CC/C=C/C=C/C=C/C=C\CCCCCCC(O)C(=O)NC(COC1OC(CO)C(O)C(O)C1OC(=O)CCCCCCCCCCCCCCCC)C(O)/C=C/CCCCCCCCCCCCC.